The minimum absolute atomic E-state index is 0.0288. The summed E-state index contributed by atoms with van der Waals surface area (Å²) in [5.41, 5.74) is 0.726. The van der Waals surface area contributed by atoms with E-state index >= 15 is 0 Å². The summed E-state index contributed by atoms with van der Waals surface area (Å²) in [7, 11) is 1.74. The predicted octanol–water partition coefficient (Wildman–Crippen LogP) is 1.56. The SMILES string of the molecule is COC[C@]12CCC[C@H]1CN(C(=O)c1cnoc1)C2. The molecule has 1 saturated heterocycles. The summed E-state index contributed by atoms with van der Waals surface area (Å²) in [5.74, 6) is 0.613. The van der Waals surface area contributed by atoms with Gasteiger partial charge in [-0.05, 0) is 18.8 Å². The number of ether oxygens (including phenoxy) is 1. The van der Waals surface area contributed by atoms with E-state index in [1.165, 1.54) is 31.7 Å². The van der Waals surface area contributed by atoms with E-state index in [1.54, 1.807) is 7.11 Å². The van der Waals surface area contributed by atoms with Gasteiger partial charge in [-0.1, -0.05) is 11.6 Å². The second-order valence-corrected chi connectivity index (χ2v) is 5.48. The van der Waals surface area contributed by atoms with Crippen LogP contribution < -0.4 is 0 Å². The van der Waals surface area contributed by atoms with Gasteiger partial charge in [0.25, 0.3) is 5.91 Å². The van der Waals surface area contributed by atoms with Crippen molar-refractivity contribution < 1.29 is 14.1 Å². The minimum atomic E-state index is 0.0288. The van der Waals surface area contributed by atoms with E-state index in [2.05, 4.69) is 5.16 Å². The Morgan fingerprint density at radius 2 is 2.61 bits per heavy atom. The van der Waals surface area contributed by atoms with Gasteiger partial charge in [-0.25, -0.2) is 0 Å². The van der Waals surface area contributed by atoms with Crippen LogP contribution in [-0.2, 0) is 4.74 Å². The standard InChI is InChI=1S/C13H18N2O3/c1-17-9-13-4-2-3-11(13)6-15(8-13)12(16)10-5-14-18-7-10/h5,7,11H,2-4,6,8-9H2,1H3/t11-,13+/m0/s1. The second kappa shape index (κ2) is 4.39. The molecule has 5 nitrogen and oxygen atoms in total. The Balaban J connectivity index is 1.76. The first kappa shape index (κ1) is 11.7. The van der Waals surface area contributed by atoms with Crippen LogP contribution >= 0.6 is 0 Å². The molecule has 98 valence electrons. The maximum Gasteiger partial charge on any atom is 0.258 e. The van der Waals surface area contributed by atoms with Crippen molar-refractivity contribution in [3.05, 3.63) is 18.0 Å². The Hall–Kier alpha value is -1.36. The molecule has 5 heteroatoms. The molecule has 0 radical (unpaired) electrons. The maximum absolute atomic E-state index is 12.3. The number of aromatic nitrogens is 1. The lowest BCUT2D eigenvalue weighted by Gasteiger charge is -2.27. The molecule has 2 atom stereocenters. The first-order valence-corrected chi connectivity index (χ1v) is 6.43. The molecule has 1 saturated carbocycles. The molecule has 2 aliphatic rings. The lowest BCUT2D eigenvalue weighted by molar-refractivity contribution is 0.0625. The summed E-state index contributed by atoms with van der Waals surface area (Å²) >= 11 is 0. The van der Waals surface area contributed by atoms with Crippen LogP contribution in [0.2, 0.25) is 0 Å². The number of hydrogen-bond donors (Lipinski definition) is 0. The molecule has 1 aliphatic heterocycles. The van der Waals surface area contributed by atoms with E-state index in [4.69, 9.17) is 9.26 Å². The zero-order valence-electron chi connectivity index (χ0n) is 10.6. The Bertz CT molecular complexity index is 431. The van der Waals surface area contributed by atoms with Crippen LogP contribution in [0.3, 0.4) is 0 Å². The summed E-state index contributed by atoms with van der Waals surface area (Å²) in [6.07, 6.45) is 6.53. The molecule has 2 heterocycles. The lowest BCUT2D eigenvalue weighted by atomic mass is 9.82. The second-order valence-electron chi connectivity index (χ2n) is 5.48. The lowest BCUT2D eigenvalue weighted by Crippen LogP contribution is -2.34. The highest BCUT2D eigenvalue weighted by molar-refractivity contribution is 5.93. The fraction of sp³-hybridized carbons (Fsp3) is 0.692. The molecular weight excluding hydrogens is 232 g/mol. The van der Waals surface area contributed by atoms with E-state index in [0.717, 1.165) is 19.7 Å². The molecule has 1 aromatic heterocycles. The summed E-state index contributed by atoms with van der Waals surface area (Å²) in [6.45, 7) is 2.40. The highest BCUT2D eigenvalue weighted by atomic mass is 16.5. The largest absolute Gasteiger partial charge is 0.384 e. The van der Waals surface area contributed by atoms with Gasteiger partial charge in [-0.2, -0.15) is 0 Å². The van der Waals surface area contributed by atoms with Crippen molar-refractivity contribution in [1.29, 1.82) is 0 Å². The predicted molar refractivity (Wildman–Crippen MR) is 64.1 cm³/mol. The number of fused-ring (bicyclic) bond motifs is 1. The van der Waals surface area contributed by atoms with Crippen LogP contribution in [0.5, 0.6) is 0 Å². The summed E-state index contributed by atoms with van der Waals surface area (Å²) in [5, 5.41) is 3.59. The molecule has 0 aromatic carbocycles. The maximum atomic E-state index is 12.3. The fourth-order valence-electron chi connectivity index (χ4n) is 3.59. The number of likely N-dealkylation sites (tertiary alicyclic amines) is 1. The van der Waals surface area contributed by atoms with Crippen molar-refractivity contribution in [3.8, 4) is 0 Å². The van der Waals surface area contributed by atoms with Gasteiger partial charge in [0.15, 0.2) is 0 Å². The number of carbonyl (C=O) groups is 1. The third-order valence-corrected chi connectivity index (χ3v) is 4.44. The molecule has 1 amide bonds. The van der Waals surface area contributed by atoms with Crippen molar-refractivity contribution in [2.75, 3.05) is 26.8 Å². The highest BCUT2D eigenvalue weighted by Crippen LogP contribution is 2.48. The third-order valence-electron chi connectivity index (χ3n) is 4.44. The molecule has 0 unspecified atom stereocenters. The quantitative estimate of drug-likeness (QED) is 0.817. The zero-order chi connectivity index (χ0) is 12.6. The monoisotopic (exact) mass is 250 g/mol. The topological polar surface area (TPSA) is 55.6 Å². The summed E-state index contributed by atoms with van der Waals surface area (Å²) in [4.78, 5) is 14.2. The van der Waals surface area contributed by atoms with Crippen molar-refractivity contribution in [3.63, 3.8) is 0 Å². The van der Waals surface area contributed by atoms with Crippen molar-refractivity contribution in [1.82, 2.24) is 10.1 Å². The highest BCUT2D eigenvalue weighted by Gasteiger charge is 2.50. The van der Waals surface area contributed by atoms with Gasteiger partial charge in [0.2, 0.25) is 0 Å². The van der Waals surface area contributed by atoms with Crippen molar-refractivity contribution in [2.24, 2.45) is 11.3 Å². The van der Waals surface area contributed by atoms with Crippen LogP contribution in [0.4, 0.5) is 0 Å². The van der Waals surface area contributed by atoms with Gasteiger partial charge >= 0.3 is 0 Å². The normalized spacial score (nSPS) is 30.7. The third kappa shape index (κ3) is 1.73. The molecule has 0 N–H and O–H groups in total. The van der Waals surface area contributed by atoms with Crippen LogP contribution in [0.1, 0.15) is 29.6 Å². The number of methoxy groups -OCH3 is 1. The Morgan fingerprint density at radius 1 is 1.72 bits per heavy atom. The van der Waals surface area contributed by atoms with Crippen molar-refractivity contribution >= 4 is 5.91 Å². The molecular formula is C13H18N2O3. The summed E-state index contributed by atoms with van der Waals surface area (Å²) in [6, 6.07) is 0. The van der Waals surface area contributed by atoms with Gasteiger partial charge in [0.1, 0.15) is 6.26 Å². The van der Waals surface area contributed by atoms with E-state index < -0.39 is 0 Å². The van der Waals surface area contributed by atoms with Gasteiger partial charge in [-0.3, -0.25) is 4.79 Å². The van der Waals surface area contributed by atoms with Gasteiger partial charge in [0, 0.05) is 25.6 Å². The molecule has 3 rings (SSSR count). The molecule has 1 aliphatic carbocycles. The average Bonchev–Trinajstić information content (AvgIpc) is 3.02. The number of hydrogen-bond acceptors (Lipinski definition) is 4. The van der Waals surface area contributed by atoms with Gasteiger partial charge in [0.05, 0.1) is 18.4 Å². The smallest absolute Gasteiger partial charge is 0.258 e. The van der Waals surface area contributed by atoms with E-state index in [0.29, 0.717) is 11.5 Å². The number of nitrogens with zero attached hydrogens (tertiary/aromatic N) is 2. The number of rotatable bonds is 3. The molecule has 0 spiro atoms. The van der Waals surface area contributed by atoms with Gasteiger partial charge < -0.3 is 14.2 Å². The van der Waals surface area contributed by atoms with Crippen LogP contribution in [0, 0.1) is 11.3 Å². The summed E-state index contributed by atoms with van der Waals surface area (Å²) < 4.78 is 10.1. The van der Waals surface area contributed by atoms with Crippen LogP contribution in [-0.4, -0.2) is 42.8 Å². The Labute approximate surface area is 106 Å². The fourth-order valence-corrected chi connectivity index (χ4v) is 3.59. The molecule has 1 aromatic rings. The van der Waals surface area contributed by atoms with E-state index in [1.807, 2.05) is 4.90 Å². The molecule has 0 bridgehead atoms. The van der Waals surface area contributed by atoms with E-state index in [9.17, 15) is 4.79 Å². The van der Waals surface area contributed by atoms with Crippen molar-refractivity contribution in [2.45, 2.75) is 19.3 Å². The average molecular weight is 250 g/mol. The number of amides is 1. The minimum Gasteiger partial charge on any atom is -0.384 e. The van der Waals surface area contributed by atoms with Gasteiger partial charge in [-0.15, -0.1) is 0 Å². The van der Waals surface area contributed by atoms with E-state index in [-0.39, 0.29) is 11.3 Å². The Morgan fingerprint density at radius 3 is 3.33 bits per heavy atom. The van der Waals surface area contributed by atoms with Crippen LogP contribution in [0.25, 0.3) is 0 Å². The molecule has 18 heavy (non-hydrogen) atoms. The Kier molecular flexibility index (Phi) is 2.86. The zero-order valence-corrected chi connectivity index (χ0v) is 10.6. The number of carbonyl (C=O) groups excluding carboxylic acids is 1. The first-order chi connectivity index (χ1) is 8.75. The molecule has 2 fully saturated rings. The first-order valence-electron chi connectivity index (χ1n) is 6.43. The van der Waals surface area contributed by atoms with Crippen LogP contribution in [0.15, 0.2) is 17.0 Å².